The molecule has 4 heteroatoms. The average Bonchev–Trinajstić information content (AvgIpc) is 2.48. The fourth-order valence-corrected chi connectivity index (χ4v) is 1.59. The van der Waals surface area contributed by atoms with Crippen molar-refractivity contribution in [1.29, 1.82) is 0 Å². The molecule has 14 heavy (non-hydrogen) atoms. The van der Waals surface area contributed by atoms with Crippen LogP contribution in [0.3, 0.4) is 0 Å². The first-order chi connectivity index (χ1) is 6.56. The molecule has 0 aliphatic rings. The number of hydrogen-bond donors (Lipinski definition) is 1. The highest BCUT2D eigenvalue weighted by molar-refractivity contribution is 14.1. The Kier molecular flexibility index (Phi) is 4.22. The minimum Gasteiger partial charge on any atom is -0.353 e. The Labute approximate surface area is 99.4 Å². The lowest BCUT2D eigenvalue weighted by Gasteiger charge is -2.20. The lowest BCUT2D eigenvalue weighted by atomic mass is 10.0. The van der Waals surface area contributed by atoms with Crippen LogP contribution >= 0.6 is 22.6 Å². The molecule has 0 saturated heterocycles. The third-order valence-corrected chi connectivity index (χ3v) is 3.79. The second-order valence-corrected chi connectivity index (χ2v) is 4.89. The molecule has 0 radical (unpaired) electrons. The monoisotopic (exact) mass is 307 g/mol. The van der Waals surface area contributed by atoms with Crippen LogP contribution in [-0.2, 0) is 7.05 Å². The summed E-state index contributed by atoms with van der Waals surface area (Å²) in [6.45, 7) is 6.67. The molecule has 2 unspecified atom stereocenters. The normalized spacial score (nSPS) is 15.2. The molecule has 3 nitrogen and oxygen atoms in total. The molecule has 2 atom stereocenters. The van der Waals surface area contributed by atoms with Gasteiger partial charge in [-0.1, -0.05) is 20.3 Å². The molecule has 1 aromatic heterocycles. The van der Waals surface area contributed by atoms with Crippen LogP contribution in [0.2, 0.25) is 0 Å². The molecule has 1 rings (SSSR count). The van der Waals surface area contributed by atoms with Crippen molar-refractivity contribution >= 4 is 28.5 Å². The second kappa shape index (κ2) is 5.00. The van der Waals surface area contributed by atoms with E-state index in [1.54, 1.807) is 0 Å². The summed E-state index contributed by atoms with van der Waals surface area (Å²) in [5.41, 5.74) is 0. The van der Waals surface area contributed by atoms with E-state index >= 15 is 0 Å². The van der Waals surface area contributed by atoms with Gasteiger partial charge in [-0.2, -0.15) is 0 Å². The van der Waals surface area contributed by atoms with Crippen LogP contribution in [0.5, 0.6) is 0 Å². The molecule has 0 aromatic carbocycles. The Hall–Kier alpha value is -0.260. The van der Waals surface area contributed by atoms with Crippen molar-refractivity contribution in [2.75, 3.05) is 5.32 Å². The number of nitrogens with one attached hydrogen (secondary N) is 1. The first-order valence-electron chi connectivity index (χ1n) is 5.00. The third kappa shape index (κ3) is 2.62. The standard InChI is InChI=1S/C10H18IN3/c1-5-7(2)8(3)13-10-12-6-9(11)14(10)4/h6-8H,5H2,1-4H3,(H,12,13). The number of anilines is 1. The van der Waals surface area contributed by atoms with Crippen molar-refractivity contribution < 1.29 is 0 Å². The summed E-state index contributed by atoms with van der Waals surface area (Å²) in [6, 6.07) is 0.469. The van der Waals surface area contributed by atoms with Crippen molar-refractivity contribution in [2.24, 2.45) is 13.0 Å². The number of aromatic nitrogens is 2. The molecule has 0 saturated carbocycles. The van der Waals surface area contributed by atoms with Gasteiger partial charge in [-0.25, -0.2) is 4.98 Å². The maximum Gasteiger partial charge on any atom is 0.203 e. The van der Waals surface area contributed by atoms with Crippen LogP contribution in [0.25, 0.3) is 0 Å². The van der Waals surface area contributed by atoms with Crippen LogP contribution in [0, 0.1) is 9.62 Å². The van der Waals surface area contributed by atoms with Crippen LogP contribution < -0.4 is 5.32 Å². The molecule has 1 aromatic rings. The smallest absolute Gasteiger partial charge is 0.203 e. The summed E-state index contributed by atoms with van der Waals surface area (Å²) in [6.07, 6.45) is 3.07. The Balaban J connectivity index is 2.64. The highest BCUT2D eigenvalue weighted by atomic mass is 127. The SMILES string of the molecule is CCC(C)C(C)Nc1ncc(I)n1C. The van der Waals surface area contributed by atoms with Gasteiger partial charge in [-0.15, -0.1) is 0 Å². The molecule has 80 valence electrons. The van der Waals surface area contributed by atoms with E-state index in [1.165, 1.54) is 6.42 Å². The molecule has 0 aliphatic carbocycles. The maximum absolute atomic E-state index is 4.32. The molecule has 0 fully saturated rings. The quantitative estimate of drug-likeness (QED) is 0.867. The lowest BCUT2D eigenvalue weighted by Crippen LogP contribution is -2.24. The minimum absolute atomic E-state index is 0.469. The van der Waals surface area contributed by atoms with E-state index in [0.29, 0.717) is 12.0 Å². The van der Waals surface area contributed by atoms with E-state index in [1.807, 2.05) is 13.2 Å². The fraction of sp³-hybridized carbons (Fsp3) is 0.700. The van der Waals surface area contributed by atoms with E-state index in [-0.39, 0.29) is 0 Å². The fourth-order valence-electron chi connectivity index (χ4n) is 1.22. The average molecular weight is 307 g/mol. The summed E-state index contributed by atoms with van der Waals surface area (Å²) in [5, 5.41) is 3.43. The zero-order valence-electron chi connectivity index (χ0n) is 9.21. The topological polar surface area (TPSA) is 29.9 Å². The maximum atomic E-state index is 4.32. The predicted molar refractivity (Wildman–Crippen MR) is 68.5 cm³/mol. The third-order valence-electron chi connectivity index (χ3n) is 2.79. The van der Waals surface area contributed by atoms with Gasteiger partial charge in [0.15, 0.2) is 0 Å². The van der Waals surface area contributed by atoms with Gasteiger partial charge in [-0.05, 0) is 35.4 Å². The van der Waals surface area contributed by atoms with Gasteiger partial charge in [0.2, 0.25) is 5.95 Å². The summed E-state index contributed by atoms with van der Waals surface area (Å²) >= 11 is 2.28. The van der Waals surface area contributed by atoms with Crippen LogP contribution in [0.4, 0.5) is 5.95 Å². The Morgan fingerprint density at radius 3 is 2.64 bits per heavy atom. The van der Waals surface area contributed by atoms with E-state index in [9.17, 15) is 0 Å². The highest BCUT2D eigenvalue weighted by Gasteiger charge is 2.12. The Bertz CT molecular complexity index is 296. The molecule has 0 amide bonds. The summed E-state index contributed by atoms with van der Waals surface area (Å²) < 4.78 is 3.22. The predicted octanol–water partition coefficient (Wildman–Crippen LogP) is 2.87. The van der Waals surface area contributed by atoms with Gasteiger partial charge < -0.3 is 9.88 Å². The van der Waals surface area contributed by atoms with Crippen molar-refractivity contribution in [3.05, 3.63) is 9.90 Å². The van der Waals surface area contributed by atoms with Crippen LogP contribution in [0.1, 0.15) is 27.2 Å². The van der Waals surface area contributed by atoms with Crippen molar-refractivity contribution in [2.45, 2.75) is 33.2 Å². The number of halogens is 1. The van der Waals surface area contributed by atoms with Gasteiger partial charge >= 0.3 is 0 Å². The van der Waals surface area contributed by atoms with Gasteiger partial charge in [-0.3, -0.25) is 0 Å². The van der Waals surface area contributed by atoms with E-state index in [4.69, 9.17) is 0 Å². The van der Waals surface area contributed by atoms with Gasteiger partial charge in [0, 0.05) is 13.1 Å². The zero-order chi connectivity index (χ0) is 10.7. The molecule has 0 bridgehead atoms. The Morgan fingerprint density at radius 1 is 1.57 bits per heavy atom. The zero-order valence-corrected chi connectivity index (χ0v) is 11.4. The molecular weight excluding hydrogens is 289 g/mol. The van der Waals surface area contributed by atoms with E-state index in [2.05, 4.69) is 58.2 Å². The minimum atomic E-state index is 0.469. The molecular formula is C10H18IN3. The highest BCUT2D eigenvalue weighted by Crippen LogP contribution is 2.15. The van der Waals surface area contributed by atoms with Gasteiger partial charge in [0.1, 0.15) is 3.70 Å². The number of nitrogens with zero attached hydrogens (tertiary/aromatic N) is 2. The lowest BCUT2D eigenvalue weighted by molar-refractivity contribution is 0.491. The molecule has 1 N–H and O–H groups in total. The summed E-state index contributed by atoms with van der Waals surface area (Å²) in [7, 11) is 2.03. The Morgan fingerprint density at radius 2 is 2.21 bits per heavy atom. The number of rotatable bonds is 4. The van der Waals surface area contributed by atoms with Crippen molar-refractivity contribution in [1.82, 2.24) is 9.55 Å². The molecule has 0 aliphatic heterocycles. The molecule has 0 spiro atoms. The van der Waals surface area contributed by atoms with E-state index in [0.717, 1.165) is 9.65 Å². The van der Waals surface area contributed by atoms with Gasteiger partial charge in [0.05, 0.1) is 6.20 Å². The largest absolute Gasteiger partial charge is 0.353 e. The van der Waals surface area contributed by atoms with Crippen molar-refractivity contribution in [3.63, 3.8) is 0 Å². The van der Waals surface area contributed by atoms with Crippen molar-refractivity contribution in [3.8, 4) is 0 Å². The summed E-state index contributed by atoms with van der Waals surface area (Å²) in [4.78, 5) is 4.32. The number of hydrogen-bond acceptors (Lipinski definition) is 2. The summed E-state index contributed by atoms with van der Waals surface area (Å²) in [5.74, 6) is 1.63. The number of imidazole rings is 1. The first kappa shape index (κ1) is 11.8. The van der Waals surface area contributed by atoms with E-state index < -0.39 is 0 Å². The van der Waals surface area contributed by atoms with Crippen LogP contribution in [-0.4, -0.2) is 15.6 Å². The van der Waals surface area contributed by atoms with Crippen LogP contribution in [0.15, 0.2) is 6.20 Å². The van der Waals surface area contributed by atoms with Gasteiger partial charge in [0.25, 0.3) is 0 Å². The first-order valence-corrected chi connectivity index (χ1v) is 6.07. The second-order valence-electron chi connectivity index (χ2n) is 3.78. The molecule has 1 heterocycles.